The molecule has 2 aliphatic rings. The zero-order chi connectivity index (χ0) is 10.2. The van der Waals surface area contributed by atoms with Crippen LogP contribution >= 0.6 is 0 Å². The van der Waals surface area contributed by atoms with Gasteiger partial charge < -0.3 is 5.11 Å². The summed E-state index contributed by atoms with van der Waals surface area (Å²) in [5, 5.41) is 9.08. The van der Waals surface area contributed by atoms with Gasteiger partial charge in [0.2, 0.25) is 0 Å². The van der Waals surface area contributed by atoms with Crippen molar-refractivity contribution >= 4 is 0 Å². The average molecular weight is 197 g/mol. The van der Waals surface area contributed by atoms with Gasteiger partial charge in [-0.2, -0.15) is 0 Å². The molecule has 1 unspecified atom stereocenters. The fraction of sp³-hybridized carbons (Fsp3) is 1.00. The lowest BCUT2D eigenvalue weighted by Crippen LogP contribution is -2.66. The van der Waals surface area contributed by atoms with Crippen molar-refractivity contribution in [2.45, 2.75) is 51.5 Å². The van der Waals surface area contributed by atoms with E-state index in [2.05, 4.69) is 18.7 Å². The summed E-state index contributed by atoms with van der Waals surface area (Å²) in [4.78, 5) is 2.59. The minimum atomic E-state index is 0.260. The van der Waals surface area contributed by atoms with Gasteiger partial charge in [0.1, 0.15) is 0 Å². The van der Waals surface area contributed by atoms with E-state index < -0.39 is 0 Å². The molecule has 2 nitrogen and oxygen atoms in total. The first-order chi connectivity index (χ1) is 6.64. The van der Waals surface area contributed by atoms with Crippen LogP contribution in [0.15, 0.2) is 0 Å². The maximum Gasteiger partial charge on any atom is 0.0448 e. The summed E-state index contributed by atoms with van der Waals surface area (Å²) in [6.07, 6.45) is 6.42. The molecule has 2 heteroatoms. The molecule has 1 atom stereocenters. The number of aliphatic hydroxyl groups is 1. The summed E-state index contributed by atoms with van der Waals surface area (Å²) in [6, 6.07) is 0. The van der Waals surface area contributed by atoms with Crippen molar-refractivity contribution in [3.05, 3.63) is 0 Å². The van der Waals surface area contributed by atoms with Crippen LogP contribution in [0.25, 0.3) is 0 Å². The zero-order valence-corrected chi connectivity index (χ0v) is 9.55. The molecule has 0 aromatic carbocycles. The second kappa shape index (κ2) is 3.49. The van der Waals surface area contributed by atoms with Crippen LogP contribution in [0.4, 0.5) is 0 Å². The maximum absolute atomic E-state index is 9.08. The zero-order valence-electron chi connectivity index (χ0n) is 9.55. The van der Waals surface area contributed by atoms with E-state index in [-0.39, 0.29) is 5.54 Å². The smallest absolute Gasteiger partial charge is 0.0448 e. The fourth-order valence-electron chi connectivity index (χ4n) is 2.94. The van der Waals surface area contributed by atoms with Crippen molar-refractivity contribution in [1.82, 2.24) is 4.90 Å². The lowest BCUT2D eigenvalue weighted by Gasteiger charge is -2.61. The standard InChI is InChI=1S/C12H23NO/c1-3-11(2,7-8-14)13-9-12(10-13)5-4-6-12/h14H,3-10H2,1-2H3. The summed E-state index contributed by atoms with van der Waals surface area (Å²) < 4.78 is 0. The van der Waals surface area contributed by atoms with Gasteiger partial charge in [-0.25, -0.2) is 0 Å². The lowest BCUT2D eigenvalue weighted by atomic mass is 9.62. The van der Waals surface area contributed by atoms with Crippen LogP contribution in [-0.2, 0) is 0 Å². The normalized spacial score (nSPS) is 29.4. The van der Waals surface area contributed by atoms with Crippen LogP contribution in [0.5, 0.6) is 0 Å². The quantitative estimate of drug-likeness (QED) is 0.745. The van der Waals surface area contributed by atoms with Crippen molar-refractivity contribution in [3.63, 3.8) is 0 Å². The summed E-state index contributed by atoms with van der Waals surface area (Å²) in [5.41, 5.74) is 0.974. The third-order valence-corrected chi connectivity index (χ3v) is 4.64. The Bertz CT molecular complexity index is 204. The molecule has 1 spiro atoms. The highest BCUT2D eigenvalue weighted by Crippen LogP contribution is 2.51. The van der Waals surface area contributed by atoms with Crippen molar-refractivity contribution < 1.29 is 5.11 Å². The van der Waals surface area contributed by atoms with E-state index in [0.29, 0.717) is 12.0 Å². The van der Waals surface area contributed by atoms with Crippen LogP contribution in [0.1, 0.15) is 46.0 Å². The molecular formula is C12H23NO. The average Bonchev–Trinajstić information content (AvgIpc) is 1.99. The Kier molecular flexibility index (Phi) is 2.61. The Morgan fingerprint density at radius 1 is 1.36 bits per heavy atom. The van der Waals surface area contributed by atoms with E-state index >= 15 is 0 Å². The van der Waals surface area contributed by atoms with Crippen LogP contribution in [0.3, 0.4) is 0 Å². The van der Waals surface area contributed by atoms with E-state index in [1.165, 1.54) is 32.4 Å². The van der Waals surface area contributed by atoms with Crippen LogP contribution < -0.4 is 0 Å². The number of hydrogen-bond acceptors (Lipinski definition) is 2. The first-order valence-corrected chi connectivity index (χ1v) is 6.00. The van der Waals surface area contributed by atoms with E-state index in [9.17, 15) is 0 Å². The molecule has 1 aliphatic carbocycles. The Morgan fingerprint density at radius 2 is 2.00 bits per heavy atom. The van der Waals surface area contributed by atoms with E-state index in [0.717, 1.165) is 12.8 Å². The molecule has 1 aliphatic heterocycles. The van der Waals surface area contributed by atoms with Gasteiger partial charge in [0, 0.05) is 25.2 Å². The minimum absolute atomic E-state index is 0.260. The summed E-state index contributed by atoms with van der Waals surface area (Å²) >= 11 is 0. The molecule has 1 heterocycles. The van der Waals surface area contributed by atoms with Crippen molar-refractivity contribution in [2.75, 3.05) is 19.7 Å². The van der Waals surface area contributed by atoms with Crippen molar-refractivity contribution in [2.24, 2.45) is 5.41 Å². The molecule has 14 heavy (non-hydrogen) atoms. The molecule has 0 aromatic rings. The predicted molar refractivity (Wildman–Crippen MR) is 58.3 cm³/mol. The Balaban J connectivity index is 1.88. The van der Waals surface area contributed by atoms with Gasteiger partial charge >= 0.3 is 0 Å². The molecule has 0 amide bonds. The second-order valence-electron chi connectivity index (χ2n) is 5.53. The van der Waals surface area contributed by atoms with Gasteiger partial charge in [-0.05, 0) is 38.0 Å². The maximum atomic E-state index is 9.08. The van der Waals surface area contributed by atoms with Crippen molar-refractivity contribution in [1.29, 1.82) is 0 Å². The fourth-order valence-corrected chi connectivity index (χ4v) is 2.94. The predicted octanol–water partition coefficient (Wildman–Crippen LogP) is 2.02. The minimum Gasteiger partial charge on any atom is -0.396 e. The summed E-state index contributed by atoms with van der Waals surface area (Å²) in [5.74, 6) is 0. The molecule has 2 fully saturated rings. The van der Waals surface area contributed by atoms with Crippen LogP contribution in [0.2, 0.25) is 0 Å². The SMILES string of the molecule is CCC(C)(CCO)N1CC2(CCC2)C1. The Hall–Kier alpha value is -0.0800. The van der Waals surface area contributed by atoms with Gasteiger partial charge in [-0.15, -0.1) is 0 Å². The van der Waals surface area contributed by atoms with Gasteiger partial charge in [-0.1, -0.05) is 13.3 Å². The highest BCUT2D eigenvalue weighted by Gasteiger charge is 2.51. The highest BCUT2D eigenvalue weighted by atomic mass is 16.3. The monoisotopic (exact) mass is 197 g/mol. The topological polar surface area (TPSA) is 23.5 Å². The first kappa shape index (κ1) is 10.4. The van der Waals surface area contributed by atoms with Gasteiger partial charge in [0.05, 0.1) is 0 Å². The number of aliphatic hydroxyl groups excluding tert-OH is 1. The molecule has 0 bridgehead atoms. The highest BCUT2D eigenvalue weighted by molar-refractivity contribution is 5.05. The summed E-state index contributed by atoms with van der Waals surface area (Å²) in [7, 11) is 0. The molecule has 1 saturated heterocycles. The molecule has 0 aromatic heterocycles. The van der Waals surface area contributed by atoms with Crippen LogP contribution in [0, 0.1) is 5.41 Å². The lowest BCUT2D eigenvalue weighted by molar-refractivity contribution is -0.120. The van der Waals surface area contributed by atoms with Crippen molar-refractivity contribution in [3.8, 4) is 0 Å². The van der Waals surface area contributed by atoms with Gasteiger partial charge in [0.25, 0.3) is 0 Å². The molecular weight excluding hydrogens is 174 g/mol. The number of nitrogens with zero attached hydrogens (tertiary/aromatic N) is 1. The molecule has 1 N–H and O–H groups in total. The second-order valence-corrected chi connectivity index (χ2v) is 5.53. The largest absolute Gasteiger partial charge is 0.396 e. The molecule has 2 rings (SSSR count). The van der Waals surface area contributed by atoms with E-state index in [1.54, 1.807) is 0 Å². The molecule has 1 saturated carbocycles. The first-order valence-electron chi connectivity index (χ1n) is 6.00. The third kappa shape index (κ3) is 1.49. The van der Waals surface area contributed by atoms with Gasteiger partial charge in [0.15, 0.2) is 0 Å². The molecule has 82 valence electrons. The van der Waals surface area contributed by atoms with Gasteiger partial charge in [-0.3, -0.25) is 4.90 Å². The summed E-state index contributed by atoms with van der Waals surface area (Å²) in [6.45, 7) is 7.44. The third-order valence-electron chi connectivity index (χ3n) is 4.64. The van der Waals surface area contributed by atoms with Crippen LogP contribution in [-0.4, -0.2) is 35.2 Å². The number of hydrogen-bond donors (Lipinski definition) is 1. The number of likely N-dealkylation sites (tertiary alicyclic amines) is 1. The van der Waals surface area contributed by atoms with E-state index in [4.69, 9.17) is 5.11 Å². The number of rotatable bonds is 4. The molecule has 0 radical (unpaired) electrons. The van der Waals surface area contributed by atoms with E-state index in [1.807, 2.05) is 0 Å². The Morgan fingerprint density at radius 3 is 2.36 bits per heavy atom. The Labute approximate surface area is 87.3 Å².